The SMILES string of the molecule is CSC[C@@]1(F)CN(Cc2c[nH]c3c(=O)[nH]cnc23)C[C@@H]1O. The molecule has 2 aromatic heterocycles. The van der Waals surface area contributed by atoms with Crippen molar-refractivity contribution >= 4 is 22.8 Å². The van der Waals surface area contributed by atoms with Gasteiger partial charge >= 0.3 is 0 Å². The predicted molar refractivity (Wildman–Crippen MR) is 80.2 cm³/mol. The first-order valence-corrected chi connectivity index (χ1v) is 8.05. The highest BCUT2D eigenvalue weighted by atomic mass is 32.2. The van der Waals surface area contributed by atoms with Crippen molar-refractivity contribution in [3.63, 3.8) is 0 Å². The number of nitrogens with zero attached hydrogens (tertiary/aromatic N) is 2. The van der Waals surface area contributed by atoms with E-state index in [2.05, 4.69) is 15.0 Å². The van der Waals surface area contributed by atoms with Crippen LogP contribution in [-0.4, -0.2) is 61.8 Å². The molecule has 1 aliphatic rings. The minimum Gasteiger partial charge on any atom is -0.388 e. The number of β-amino-alcohol motifs (C(OH)–C–C–N with tert-alkyl or cyclic N) is 1. The van der Waals surface area contributed by atoms with E-state index in [9.17, 15) is 14.3 Å². The first kappa shape index (κ1) is 14.6. The number of aromatic nitrogens is 3. The lowest BCUT2D eigenvalue weighted by Crippen LogP contribution is -2.39. The Kier molecular flexibility index (Phi) is 3.76. The number of halogens is 1. The van der Waals surface area contributed by atoms with Gasteiger partial charge in [-0.1, -0.05) is 0 Å². The first-order valence-electron chi connectivity index (χ1n) is 6.65. The molecular formula is C13H17FN4O2S. The fraction of sp³-hybridized carbons (Fsp3) is 0.538. The van der Waals surface area contributed by atoms with Crippen molar-refractivity contribution in [2.24, 2.45) is 0 Å². The van der Waals surface area contributed by atoms with Gasteiger partial charge in [-0.2, -0.15) is 11.8 Å². The van der Waals surface area contributed by atoms with Crippen LogP contribution in [0.1, 0.15) is 5.56 Å². The Labute approximate surface area is 124 Å². The zero-order chi connectivity index (χ0) is 15.0. The molecular weight excluding hydrogens is 295 g/mol. The fourth-order valence-corrected chi connectivity index (χ4v) is 3.58. The van der Waals surface area contributed by atoms with Crippen LogP contribution in [0.4, 0.5) is 4.39 Å². The van der Waals surface area contributed by atoms with Gasteiger partial charge in [0.15, 0.2) is 5.67 Å². The molecule has 114 valence electrons. The van der Waals surface area contributed by atoms with Crippen LogP contribution < -0.4 is 5.56 Å². The molecule has 3 heterocycles. The lowest BCUT2D eigenvalue weighted by atomic mass is 10.1. The fourth-order valence-electron chi connectivity index (χ4n) is 2.82. The molecule has 2 atom stereocenters. The normalized spacial score (nSPS) is 26.7. The minimum absolute atomic E-state index is 0.185. The summed E-state index contributed by atoms with van der Waals surface area (Å²) in [4.78, 5) is 23.0. The second kappa shape index (κ2) is 5.43. The number of H-pyrrole nitrogens is 2. The Balaban J connectivity index is 1.81. The van der Waals surface area contributed by atoms with Crippen LogP contribution in [0.3, 0.4) is 0 Å². The third-order valence-electron chi connectivity index (χ3n) is 3.84. The summed E-state index contributed by atoms with van der Waals surface area (Å²) in [7, 11) is 0. The van der Waals surface area contributed by atoms with Crippen molar-refractivity contribution in [1.29, 1.82) is 0 Å². The van der Waals surface area contributed by atoms with Gasteiger partial charge in [-0.15, -0.1) is 0 Å². The molecule has 1 aliphatic heterocycles. The van der Waals surface area contributed by atoms with Crippen LogP contribution >= 0.6 is 11.8 Å². The van der Waals surface area contributed by atoms with E-state index in [1.54, 1.807) is 6.20 Å². The Hall–Kier alpha value is -1.38. The van der Waals surface area contributed by atoms with Gasteiger partial charge in [-0.05, 0) is 6.26 Å². The molecule has 3 N–H and O–H groups in total. The third-order valence-corrected chi connectivity index (χ3v) is 4.61. The van der Waals surface area contributed by atoms with E-state index in [0.717, 1.165) is 5.56 Å². The average Bonchev–Trinajstić information content (AvgIpc) is 2.94. The molecule has 0 saturated carbocycles. The number of likely N-dealkylation sites (tertiary alicyclic amines) is 1. The van der Waals surface area contributed by atoms with Crippen LogP contribution in [0.25, 0.3) is 11.0 Å². The van der Waals surface area contributed by atoms with Gasteiger partial charge in [0.25, 0.3) is 5.56 Å². The van der Waals surface area contributed by atoms with E-state index in [1.807, 2.05) is 11.2 Å². The highest BCUT2D eigenvalue weighted by Crippen LogP contribution is 2.30. The Morgan fingerprint density at radius 2 is 2.43 bits per heavy atom. The minimum atomic E-state index is -1.57. The molecule has 1 saturated heterocycles. The molecule has 2 aromatic rings. The molecule has 0 radical (unpaired) electrons. The zero-order valence-electron chi connectivity index (χ0n) is 11.6. The van der Waals surface area contributed by atoms with Crippen LogP contribution in [0.15, 0.2) is 17.3 Å². The summed E-state index contributed by atoms with van der Waals surface area (Å²) in [5.41, 5.74) is 0.0418. The van der Waals surface area contributed by atoms with Gasteiger partial charge in [0.1, 0.15) is 11.6 Å². The molecule has 3 rings (SSSR count). The quantitative estimate of drug-likeness (QED) is 0.765. The highest BCUT2D eigenvalue weighted by molar-refractivity contribution is 7.98. The number of thioether (sulfide) groups is 1. The molecule has 21 heavy (non-hydrogen) atoms. The van der Waals surface area contributed by atoms with Crippen molar-refractivity contribution in [3.8, 4) is 0 Å². The number of rotatable bonds is 4. The summed E-state index contributed by atoms with van der Waals surface area (Å²) in [6.45, 7) is 0.922. The van der Waals surface area contributed by atoms with Gasteiger partial charge in [0.2, 0.25) is 0 Å². The van der Waals surface area contributed by atoms with Crippen LogP contribution in [0.2, 0.25) is 0 Å². The summed E-state index contributed by atoms with van der Waals surface area (Å²) in [6.07, 6.45) is 3.92. The molecule has 1 fully saturated rings. The molecule has 6 nitrogen and oxygen atoms in total. The van der Waals surface area contributed by atoms with Crippen molar-refractivity contribution < 1.29 is 9.50 Å². The monoisotopic (exact) mass is 312 g/mol. The van der Waals surface area contributed by atoms with E-state index < -0.39 is 11.8 Å². The summed E-state index contributed by atoms with van der Waals surface area (Å²) in [6, 6.07) is 0. The highest BCUT2D eigenvalue weighted by Gasteiger charge is 2.46. The van der Waals surface area contributed by atoms with Crippen LogP contribution in [-0.2, 0) is 6.54 Å². The largest absolute Gasteiger partial charge is 0.388 e. The molecule has 0 amide bonds. The maximum atomic E-state index is 14.6. The van der Waals surface area contributed by atoms with E-state index in [1.165, 1.54) is 18.1 Å². The number of nitrogens with one attached hydrogen (secondary N) is 2. The maximum Gasteiger partial charge on any atom is 0.275 e. The second-order valence-electron chi connectivity index (χ2n) is 5.42. The number of aliphatic hydroxyl groups excluding tert-OH is 1. The van der Waals surface area contributed by atoms with Crippen molar-refractivity contribution in [2.75, 3.05) is 25.1 Å². The van der Waals surface area contributed by atoms with Gasteiger partial charge in [-0.3, -0.25) is 9.69 Å². The lowest BCUT2D eigenvalue weighted by Gasteiger charge is -2.21. The van der Waals surface area contributed by atoms with E-state index >= 15 is 0 Å². The zero-order valence-corrected chi connectivity index (χ0v) is 12.4. The molecule has 0 unspecified atom stereocenters. The van der Waals surface area contributed by atoms with Gasteiger partial charge in [-0.25, -0.2) is 9.37 Å². The van der Waals surface area contributed by atoms with E-state index in [0.29, 0.717) is 17.6 Å². The van der Waals surface area contributed by atoms with Crippen LogP contribution in [0, 0.1) is 0 Å². The number of fused-ring (bicyclic) bond motifs is 1. The third kappa shape index (κ3) is 2.58. The van der Waals surface area contributed by atoms with Gasteiger partial charge in [0, 0.05) is 37.1 Å². The van der Waals surface area contributed by atoms with E-state index in [4.69, 9.17) is 0 Å². The summed E-state index contributed by atoms with van der Waals surface area (Å²) in [5, 5.41) is 9.93. The molecule has 8 heteroatoms. The van der Waals surface area contributed by atoms with Crippen molar-refractivity contribution in [1.82, 2.24) is 19.9 Å². The molecule has 0 bridgehead atoms. The molecule has 0 aliphatic carbocycles. The van der Waals surface area contributed by atoms with Crippen molar-refractivity contribution in [3.05, 3.63) is 28.4 Å². The Morgan fingerprint density at radius 3 is 3.19 bits per heavy atom. The smallest absolute Gasteiger partial charge is 0.275 e. The van der Waals surface area contributed by atoms with Crippen LogP contribution in [0.5, 0.6) is 0 Å². The topological polar surface area (TPSA) is 85.0 Å². The summed E-state index contributed by atoms with van der Waals surface area (Å²) >= 11 is 1.39. The average molecular weight is 312 g/mol. The molecule has 0 spiro atoms. The maximum absolute atomic E-state index is 14.6. The summed E-state index contributed by atoms with van der Waals surface area (Å²) < 4.78 is 14.6. The summed E-state index contributed by atoms with van der Waals surface area (Å²) in [5.74, 6) is 0.274. The Morgan fingerprint density at radius 1 is 1.62 bits per heavy atom. The lowest BCUT2D eigenvalue weighted by molar-refractivity contribution is 0.0495. The number of hydrogen-bond acceptors (Lipinski definition) is 5. The predicted octanol–water partition coefficient (Wildman–Crippen LogP) is 0.499. The number of hydrogen-bond donors (Lipinski definition) is 3. The number of aliphatic hydroxyl groups is 1. The van der Waals surface area contributed by atoms with Gasteiger partial charge < -0.3 is 15.1 Å². The Bertz CT molecular complexity index is 703. The van der Waals surface area contributed by atoms with Crippen molar-refractivity contribution in [2.45, 2.75) is 18.3 Å². The molecule has 0 aromatic carbocycles. The number of aromatic amines is 2. The van der Waals surface area contributed by atoms with E-state index in [-0.39, 0.29) is 24.4 Å². The standard InChI is InChI=1S/C13H17FN4O2S/c1-21-6-13(14)5-18(4-9(13)19)3-8-2-15-11-10(8)16-7-17-12(11)20/h2,7,9,15,19H,3-6H2,1H3,(H,16,17,20)/t9-,13-/m0/s1. The first-order chi connectivity index (χ1) is 10.0. The second-order valence-corrected chi connectivity index (χ2v) is 6.29. The number of alkyl halides is 1. The van der Waals surface area contributed by atoms with Gasteiger partial charge in [0.05, 0.1) is 11.8 Å².